The highest BCUT2D eigenvalue weighted by molar-refractivity contribution is 9.10. The van der Waals surface area contributed by atoms with Crippen LogP contribution in [0, 0.1) is 0 Å². The van der Waals surface area contributed by atoms with E-state index in [1.165, 1.54) is 11.3 Å². The van der Waals surface area contributed by atoms with E-state index in [4.69, 9.17) is 14.2 Å². The number of thiazole rings is 1. The molecule has 3 aromatic rings. The molecule has 0 bridgehead atoms. The van der Waals surface area contributed by atoms with Gasteiger partial charge in [-0.25, -0.2) is 9.79 Å². The molecule has 1 aliphatic heterocycles. The normalized spacial score (nSPS) is 15.6. The maximum Gasteiger partial charge on any atom is 0.338 e. The fourth-order valence-corrected chi connectivity index (χ4v) is 5.34. The molecule has 4 rings (SSSR count). The predicted molar refractivity (Wildman–Crippen MR) is 134 cm³/mol. The molecule has 0 spiro atoms. The van der Waals surface area contributed by atoms with Gasteiger partial charge in [0.15, 0.2) is 16.3 Å². The van der Waals surface area contributed by atoms with E-state index in [2.05, 4.69) is 20.9 Å². The van der Waals surface area contributed by atoms with Crippen molar-refractivity contribution < 1.29 is 19.0 Å². The molecular weight excluding hydrogens is 520 g/mol. The molecule has 0 aliphatic carbocycles. The molecule has 1 aromatic heterocycles. The van der Waals surface area contributed by atoms with Crippen LogP contribution in [-0.2, 0) is 9.53 Å². The lowest BCUT2D eigenvalue weighted by Gasteiger charge is -2.24. The van der Waals surface area contributed by atoms with Crippen LogP contribution in [0.4, 0.5) is 0 Å². The van der Waals surface area contributed by atoms with E-state index >= 15 is 0 Å². The van der Waals surface area contributed by atoms with Crippen molar-refractivity contribution in [3.63, 3.8) is 0 Å². The van der Waals surface area contributed by atoms with Crippen LogP contribution in [0.3, 0.4) is 0 Å². The molecule has 0 radical (unpaired) electrons. The number of nitrogens with zero attached hydrogens (tertiary/aromatic N) is 2. The number of ether oxygens (including phenoxy) is 3. The van der Waals surface area contributed by atoms with Crippen LogP contribution in [0.25, 0.3) is 6.08 Å². The second-order valence-electron chi connectivity index (χ2n) is 7.44. The molecule has 0 N–H and O–H groups in total. The zero-order chi connectivity index (χ0) is 24.4. The molecule has 9 heteroatoms. The second kappa shape index (κ2) is 9.99. The van der Waals surface area contributed by atoms with Gasteiger partial charge in [0.2, 0.25) is 0 Å². The lowest BCUT2D eigenvalue weighted by atomic mass is 9.96. The quantitative estimate of drug-likeness (QED) is 0.445. The highest BCUT2D eigenvalue weighted by Gasteiger charge is 2.33. The summed E-state index contributed by atoms with van der Waals surface area (Å²) < 4.78 is 18.9. The van der Waals surface area contributed by atoms with Gasteiger partial charge in [-0.2, -0.15) is 0 Å². The Labute approximate surface area is 208 Å². The molecule has 7 nitrogen and oxygen atoms in total. The van der Waals surface area contributed by atoms with Crippen LogP contribution >= 0.6 is 27.3 Å². The summed E-state index contributed by atoms with van der Waals surface area (Å²) in [5.74, 6) is 0.647. The second-order valence-corrected chi connectivity index (χ2v) is 9.31. The number of methoxy groups -OCH3 is 2. The van der Waals surface area contributed by atoms with E-state index < -0.39 is 12.0 Å². The minimum Gasteiger partial charge on any atom is -0.493 e. The van der Waals surface area contributed by atoms with E-state index in [0.717, 1.165) is 15.6 Å². The zero-order valence-electron chi connectivity index (χ0n) is 19.1. The molecule has 0 amide bonds. The molecule has 0 fully saturated rings. The maximum absolute atomic E-state index is 13.7. The van der Waals surface area contributed by atoms with Crippen LogP contribution in [0.1, 0.15) is 31.0 Å². The van der Waals surface area contributed by atoms with Crippen molar-refractivity contribution in [3.05, 3.63) is 89.0 Å². The Hall–Kier alpha value is -3.17. The largest absolute Gasteiger partial charge is 0.493 e. The molecule has 34 heavy (non-hydrogen) atoms. The standard InChI is InChI=1S/C25H23BrN2O5S/c1-5-33-24(30)21-14(2)27-25-28(22(21)15-9-7-6-8-10-15)23(29)20(34-25)12-16-11-18(31-3)19(32-4)13-17(16)26/h6-13,22H,5H2,1-4H3/b20-12-/t22-/m1/s1. The summed E-state index contributed by atoms with van der Waals surface area (Å²) in [7, 11) is 3.12. The molecule has 0 saturated heterocycles. The third kappa shape index (κ3) is 4.33. The van der Waals surface area contributed by atoms with E-state index in [9.17, 15) is 9.59 Å². The van der Waals surface area contributed by atoms with Gasteiger partial charge < -0.3 is 14.2 Å². The van der Waals surface area contributed by atoms with Gasteiger partial charge in [-0.05, 0) is 43.2 Å². The Balaban J connectivity index is 1.95. The van der Waals surface area contributed by atoms with Crippen molar-refractivity contribution in [2.45, 2.75) is 19.9 Å². The van der Waals surface area contributed by atoms with Crippen molar-refractivity contribution in [2.24, 2.45) is 4.99 Å². The number of rotatable bonds is 6. The summed E-state index contributed by atoms with van der Waals surface area (Å²) in [5.41, 5.74) is 2.21. The highest BCUT2D eigenvalue weighted by Crippen LogP contribution is 2.34. The van der Waals surface area contributed by atoms with Gasteiger partial charge in [-0.1, -0.05) is 57.6 Å². The summed E-state index contributed by atoms with van der Waals surface area (Å²) >= 11 is 4.81. The predicted octanol–water partition coefficient (Wildman–Crippen LogP) is 3.58. The smallest absolute Gasteiger partial charge is 0.338 e. The fraction of sp³-hybridized carbons (Fsp3) is 0.240. The van der Waals surface area contributed by atoms with Crippen molar-refractivity contribution in [3.8, 4) is 11.5 Å². The minimum atomic E-state index is -0.632. The number of aromatic nitrogens is 1. The summed E-state index contributed by atoms with van der Waals surface area (Å²) in [5, 5.41) is 0. The lowest BCUT2D eigenvalue weighted by molar-refractivity contribution is -0.139. The monoisotopic (exact) mass is 542 g/mol. The van der Waals surface area contributed by atoms with Crippen molar-refractivity contribution in [1.29, 1.82) is 0 Å². The number of carbonyl (C=O) groups excluding carboxylic acids is 1. The molecular formula is C25H23BrN2O5S. The summed E-state index contributed by atoms with van der Waals surface area (Å²) in [4.78, 5) is 31.7. The zero-order valence-corrected chi connectivity index (χ0v) is 21.5. The third-order valence-corrected chi connectivity index (χ3v) is 7.09. The van der Waals surface area contributed by atoms with Crippen molar-refractivity contribution >= 4 is 39.3 Å². The first-order chi connectivity index (χ1) is 16.4. The SMILES string of the molecule is CCOC(=O)C1=C(C)N=c2s/c(=C\c3cc(OC)c(OC)cc3Br)c(=O)n2[C@@H]1c1ccccc1. The number of allylic oxidation sites excluding steroid dienone is 1. The first-order valence-corrected chi connectivity index (χ1v) is 12.2. The van der Waals surface area contributed by atoms with Gasteiger partial charge in [0.25, 0.3) is 5.56 Å². The van der Waals surface area contributed by atoms with Crippen LogP contribution in [0.2, 0.25) is 0 Å². The summed E-state index contributed by atoms with van der Waals surface area (Å²) in [6.07, 6.45) is 1.78. The van der Waals surface area contributed by atoms with E-state index in [0.29, 0.717) is 32.1 Å². The van der Waals surface area contributed by atoms with Crippen LogP contribution < -0.4 is 24.4 Å². The third-order valence-electron chi connectivity index (χ3n) is 5.42. The topological polar surface area (TPSA) is 79.1 Å². The van der Waals surface area contributed by atoms with Gasteiger partial charge >= 0.3 is 5.97 Å². The number of halogens is 1. The van der Waals surface area contributed by atoms with E-state index in [1.54, 1.807) is 50.8 Å². The van der Waals surface area contributed by atoms with Gasteiger partial charge in [0.05, 0.1) is 42.7 Å². The molecule has 0 unspecified atom stereocenters. The van der Waals surface area contributed by atoms with Gasteiger partial charge in [-0.3, -0.25) is 9.36 Å². The van der Waals surface area contributed by atoms with Crippen molar-refractivity contribution in [2.75, 3.05) is 20.8 Å². The van der Waals surface area contributed by atoms with Crippen LogP contribution in [0.5, 0.6) is 11.5 Å². The van der Waals surface area contributed by atoms with Crippen LogP contribution in [0.15, 0.2) is 68.0 Å². The Morgan fingerprint density at radius 3 is 2.50 bits per heavy atom. The van der Waals surface area contributed by atoms with E-state index in [1.807, 2.05) is 30.3 Å². The highest BCUT2D eigenvalue weighted by atomic mass is 79.9. The summed E-state index contributed by atoms with van der Waals surface area (Å²) in [6, 6.07) is 12.4. The number of esters is 1. The fourth-order valence-electron chi connectivity index (χ4n) is 3.86. The Kier molecular flexibility index (Phi) is 7.04. The number of hydrogen-bond acceptors (Lipinski definition) is 7. The lowest BCUT2D eigenvalue weighted by Crippen LogP contribution is -2.39. The minimum absolute atomic E-state index is 0.231. The molecule has 1 aliphatic rings. The molecule has 1 atom stereocenters. The number of carbonyl (C=O) groups is 1. The first-order valence-electron chi connectivity index (χ1n) is 10.6. The van der Waals surface area contributed by atoms with Gasteiger partial charge in [0.1, 0.15) is 0 Å². The number of fused-ring (bicyclic) bond motifs is 1. The van der Waals surface area contributed by atoms with E-state index in [-0.39, 0.29) is 12.2 Å². The maximum atomic E-state index is 13.7. The first kappa shape index (κ1) is 24.0. The Morgan fingerprint density at radius 2 is 1.85 bits per heavy atom. The van der Waals surface area contributed by atoms with Crippen LogP contribution in [-0.4, -0.2) is 31.4 Å². The van der Waals surface area contributed by atoms with Crippen molar-refractivity contribution in [1.82, 2.24) is 4.57 Å². The molecule has 2 aromatic carbocycles. The van der Waals surface area contributed by atoms with Gasteiger partial charge in [-0.15, -0.1) is 0 Å². The molecule has 2 heterocycles. The molecule has 0 saturated carbocycles. The van der Waals surface area contributed by atoms with Gasteiger partial charge in [0, 0.05) is 4.47 Å². The Bertz CT molecular complexity index is 1460. The molecule has 176 valence electrons. The average molecular weight is 543 g/mol. The average Bonchev–Trinajstić information content (AvgIpc) is 3.14. The number of hydrogen-bond donors (Lipinski definition) is 0. The Morgan fingerprint density at radius 1 is 1.18 bits per heavy atom. The summed E-state index contributed by atoms with van der Waals surface area (Å²) in [6.45, 7) is 3.75. The number of benzene rings is 2.